The fourth-order valence-corrected chi connectivity index (χ4v) is 2.62. The number of hydrogen-bond acceptors (Lipinski definition) is 3. The van der Waals surface area contributed by atoms with Gasteiger partial charge in [0.15, 0.2) is 0 Å². The third-order valence-corrected chi connectivity index (χ3v) is 3.80. The van der Waals surface area contributed by atoms with Crippen LogP contribution < -0.4 is 10.9 Å². The summed E-state index contributed by atoms with van der Waals surface area (Å²) in [5, 5.41) is 0. The van der Waals surface area contributed by atoms with Crippen LogP contribution >= 0.6 is 0 Å². The summed E-state index contributed by atoms with van der Waals surface area (Å²) in [4.78, 5) is 27.9. The third kappa shape index (κ3) is 3.14. The van der Waals surface area contributed by atoms with Gasteiger partial charge in [0.1, 0.15) is 5.69 Å². The highest BCUT2D eigenvalue weighted by atomic mass is 16.2. The Kier molecular flexibility index (Phi) is 4.14. The van der Waals surface area contributed by atoms with Gasteiger partial charge in [-0.1, -0.05) is 12.1 Å². The van der Waals surface area contributed by atoms with E-state index in [9.17, 15) is 9.59 Å². The molecule has 0 atom stereocenters. The van der Waals surface area contributed by atoms with E-state index in [2.05, 4.69) is 15.8 Å². The van der Waals surface area contributed by atoms with E-state index in [1.807, 2.05) is 12.1 Å². The molecule has 3 rings (SSSR count). The molecule has 1 aliphatic carbocycles. The standard InChI is InChI=1S/C17H17N3O2/c21-16(19-20-17(22)15-7-3-4-10-18-15)14-9-8-12-5-1-2-6-13(12)11-14/h3-4,7-11H,1-2,5-6H2,(H,19,21)(H,20,22). The third-order valence-electron chi connectivity index (χ3n) is 3.80. The Hall–Kier alpha value is -2.69. The predicted octanol–water partition coefficient (Wildman–Crippen LogP) is 2.04. The Balaban J connectivity index is 1.64. The topological polar surface area (TPSA) is 71.1 Å². The maximum absolute atomic E-state index is 12.1. The van der Waals surface area contributed by atoms with Crippen LogP contribution in [0.25, 0.3) is 0 Å². The number of rotatable bonds is 2. The second-order valence-corrected chi connectivity index (χ2v) is 5.31. The maximum atomic E-state index is 12.1. The van der Waals surface area contributed by atoms with Gasteiger partial charge in [0, 0.05) is 11.8 Å². The predicted molar refractivity (Wildman–Crippen MR) is 82.3 cm³/mol. The van der Waals surface area contributed by atoms with Gasteiger partial charge in [-0.3, -0.25) is 25.4 Å². The van der Waals surface area contributed by atoms with Crippen molar-refractivity contribution in [3.63, 3.8) is 0 Å². The number of aryl methyl sites for hydroxylation is 2. The summed E-state index contributed by atoms with van der Waals surface area (Å²) in [7, 11) is 0. The second kappa shape index (κ2) is 6.39. The maximum Gasteiger partial charge on any atom is 0.288 e. The molecule has 0 fully saturated rings. The first kappa shape index (κ1) is 14.3. The minimum Gasteiger partial charge on any atom is -0.267 e. The lowest BCUT2D eigenvalue weighted by atomic mass is 9.90. The molecule has 5 heteroatoms. The first-order valence-electron chi connectivity index (χ1n) is 7.37. The molecular formula is C17H17N3O2. The van der Waals surface area contributed by atoms with Gasteiger partial charge in [-0.05, 0) is 61.1 Å². The molecule has 1 aliphatic rings. The Morgan fingerprint density at radius 2 is 1.68 bits per heavy atom. The molecule has 5 nitrogen and oxygen atoms in total. The van der Waals surface area contributed by atoms with Crippen molar-refractivity contribution in [1.29, 1.82) is 0 Å². The van der Waals surface area contributed by atoms with Gasteiger partial charge in [0.05, 0.1) is 0 Å². The van der Waals surface area contributed by atoms with Crippen LogP contribution in [0.15, 0.2) is 42.6 Å². The minimum atomic E-state index is -0.438. The fourth-order valence-electron chi connectivity index (χ4n) is 2.62. The molecule has 0 saturated carbocycles. The lowest BCUT2D eigenvalue weighted by Crippen LogP contribution is -2.42. The van der Waals surface area contributed by atoms with Crippen molar-refractivity contribution in [2.24, 2.45) is 0 Å². The van der Waals surface area contributed by atoms with Gasteiger partial charge in [-0.25, -0.2) is 0 Å². The summed E-state index contributed by atoms with van der Waals surface area (Å²) in [5.74, 6) is -0.760. The van der Waals surface area contributed by atoms with Crippen LogP contribution in [0.5, 0.6) is 0 Å². The van der Waals surface area contributed by atoms with E-state index < -0.39 is 5.91 Å². The van der Waals surface area contributed by atoms with Crippen LogP contribution in [-0.4, -0.2) is 16.8 Å². The van der Waals surface area contributed by atoms with E-state index in [0.717, 1.165) is 19.3 Å². The Bertz CT molecular complexity index is 698. The summed E-state index contributed by atoms with van der Waals surface area (Å²) in [6.45, 7) is 0. The lowest BCUT2D eigenvalue weighted by molar-refractivity contribution is 0.0844. The van der Waals surface area contributed by atoms with Gasteiger partial charge in [0.2, 0.25) is 0 Å². The van der Waals surface area contributed by atoms with E-state index >= 15 is 0 Å². The highest BCUT2D eigenvalue weighted by molar-refractivity contribution is 5.98. The first-order chi connectivity index (χ1) is 10.7. The van der Waals surface area contributed by atoms with Crippen molar-refractivity contribution in [2.45, 2.75) is 25.7 Å². The molecule has 0 saturated heterocycles. The summed E-state index contributed by atoms with van der Waals surface area (Å²) in [5.41, 5.74) is 8.17. The zero-order chi connectivity index (χ0) is 15.4. The number of hydrazine groups is 1. The number of benzene rings is 1. The first-order valence-corrected chi connectivity index (χ1v) is 7.37. The molecule has 1 aromatic carbocycles. The van der Waals surface area contributed by atoms with Crippen LogP contribution in [0.3, 0.4) is 0 Å². The molecule has 1 heterocycles. The number of amides is 2. The molecule has 0 radical (unpaired) electrons. The van der Waals surface area contributed by atoms with Crippen LogP contribution in [0.1, 0.15) is 44.8 Å². The van der Waals surface area contributed by atoms with Gasteiger partial charge < -0.3 is 0 Å². The van der Waals surface area contributed by atoms with Crippen molar-refractivity contribution >= 4 is 11.8 Å². The number of carbonyl (C=O) groups is 2. The van der Waals surface area contributed by atoms with Gasteiger partial charge in [-0.2, -0.15) is 0 Å². The van der Waals surface area contributed by atoms with Crippen molar-refractivity contribution in [3.8, 4) is 0 Å². The summed E-state index contributed by atoms with van der Waals surface area (Å²) >= 11 is 0. The molecule has 0 unspecified atom stereocenters. The number of hydrogen-bond donors (Lipinski definition) is 2. The van der Waals surface area contributed by atoms with Crippen LogP contribution in [0, 0.1) is 0 Å². The average molecular weight is 295 g/mol. The van der Waals surface area contributed by atoms with Crippen molar-refractivity contribution in [3.05, 3.63) is 65.0 Å². The van der Waals surface area contributed by atoms with E-state index in [1.165, 1.54) is 23.7 Å². The van der Waals surface area contributed by atoms with Gasteiger partial charge in [0.25, 0.3) is 11.8 Å². The van der Waals surface area contributed by atoms with E-state index in [0.29, 0.717) is 5.56 Å². The van der Waals surface area contributed by atoms with Crippen molar-refractivity contribution in [2.75, 3.05) is 0 Å². The number of nitrogens with zero attached hydrogens (tertiary/aromatic N) is 1. The second-order valence-electron chi connectivity index (χ2n) is 5.31. The smallest absolute Gasteiger partial charge is 0.267 e. The fraction of sp³-hybridized carbons (Fsp3) is 0.235. The molecule has 0 bridgehead atoms. The zero-order valence-corrected chi connectivity index (χ0v) is 12.1. The van der Waals surface area contributed by atoms with Gasteiger partial charge in [-0.15, -0.1) is 0 Å². The van der Waals surface area contributed by atoms with Gasteiger partial charge >= 0.3 is 0 Å². The summed E-state index contributed by atoms with van der Waals surface area (Å²) < 4.78 is 0. The molecule has 22 heavy (non-hydrogen) atoms. The largest absolute Gasteiger partial charge is 0.288 e. The molecule has 112 valence electrons. The normalized spacial score (nSPS) is 13.1. The highest BCUT2D eigenvalue weighted by Gasteiger charge is 2.14. The Labute approximate surface area is 128 Å². The minimum absolute atomic E-state index is 0.258. The average Bonchev–Trinajstić information content (AvgIpc) is 2.59. The highest BCUT2D eigenvalue weighted by Crippen LogP contribution is 2.22. The van der Waals surface area contributed by atoms with Crippen LogP contribution in [0.2, 0.25) is 0 Å². The molecule has 0 spiro atoms. The monoisotopic (exact) mass is 295 g/mol. The number of fused-ring (bicyclic) bond motifs is 1. The Morgan fingerprint density at radius 1 is 0.909 bits per heavy atom. The number of pyridine rings is 1. The van der Waals surface area contributed by atoms with E-state index in [1.54, 1.807) is 24.3 Å². The number of aromatic nitrogens is 1. The molecule has 2 aromatic rings. The number of nitrogens with one attached hydrogen (secondary N) is 2. The molecular weight excluding hydrogens is 278 g/mol. The Morgan fingerprint density at radius 3 is 2.45 bits per heavy atom. The van der Waals surface area contributed by atoms with Crippen molar-refractivity contribution < 1.29 is 9.59 Å². The zero-order valence-electron chi connectivity index (χ0n) is 12.1. The van der Waals surface area contributed by atoms with E-state index in [4.69, 9.17) is 0 Å². The molecule has 1 aromatic heterocycles. The molecule has 2 amide bonds. The molecule has 2 N–H and O–H groups in total. The molecule has 0 aliphatic heterocycles. The quantitative estimate of drug-likeness (QED) is 0.833. The summed E-state index contributed by atoms with van der Waals surface area (Å²) in [6.07, 6.45) is 5.98. The SMILES string of the molecule is O=C(NNC(=O)c1ccccn1)c1ccc2c(c1)CCCC2. The van der Waals surface area contributed by atoms with E-state index in [-0.39, 0.29) is 11.6 Å². The summed E-state index contributed by atoms with van der Waals surface area (Å²) in [6, 6.07) is 10.7. The van der Waals surface area contributed by atoms with Crippen LogP contribution in [0.4, 0.5) is 0 Å². The number of carbonyl (C=O) groups excluding carboxylic acids is 2. The lowest BCUT2D eigenvalue weighted by Gasteiger charge is -2.16. The van der Waals surface area contributed by atoms with Crippen LogP contribution in [-0.2, 0) is 12.8 Å². The van der Waals surface area contributed by atoms with Crippen molar-refractivity contribution in [1.82, 2.24) is 15.8 Å².